The summed E-state index contributed by atoms with van der Waals surface area (Å²) in [6, 6.07) is 9.43. The molecule has 2 aliphatic heterocycles. The first-order chi connectivity index (χ1) is 13.3. The lowest BCUT2D eigenvalue weighted by atomic mass is 9.81. The molecule has 0 bridgehead atoms. The fourth-order valence-electron chi connectivity index (χ4n) is 4.12. The zero-order chi connectivity index (χ0) is 20.2. The van der Waals surface area contributed by atoms with Gasteiger partial charge in [-0.3, -0.25) is 24.7 Å². The Kier molecular flexibility index (Phi) is 4.24. The smallest absolute Gasteiger partial charge is 0.324 e. The molecule has 8 heteroatoms. The van der Waals surface area contributed by atoms with Crippen molar-refractivity contribution in [3.63, 3.8) is 0 Å². The molecular weight excluding hydrogens is 382 g/mol. The Morgan fingerprint density at radius 3 is 2.61 bits per heavy atom. The van der Waals surface area contributed by atoms with Crippen LogP contribution in [0.5, 0.6) is 0 Å². The van der Waals surface area contributed by atoms with Crippen LogP contribution < -0.4 is 10.2 Å². The molecule has 0 radical (unpaired) electrons. The van der Waals surface area contributed by atoms with E-state index in [0.29, 0.717) is 16.4 Å². The van der Waals surface area contributed by atoms with E-state index in [1.54, 1.807) is 42.6 Å². The molecule has 4 unspecified atom stereocenters. The van der Waals surface area contributed by atoms with Gasteiger partial charge in [-0.2, -0.15) is 0 Å². The first-order valence-electron chi connectivity index (χ1n) is 8.81. The molecule has 1 aromatic carbocycles. The summed E-state index contributed by atoms with van der Waals surface area (Å²) >= 11 is 6.17. The van der Waals surface area contributed by atoms with Crippen LogP contribution >= 0.6 is 11.6 Å². The largest absolute Gasteiger partial charge is 0.480 e. The third-order valence-corrected chi connectivity index (χ3v) is 6.06. The number of halogens is 1. The quantitative estimate of drug-likeness (QED) is 0.768. The number of aryl methyl sites for hydroxylation is 1. The second kappa shape index (κ2) is 6.39. The minimum atomic E-state index is -1.59. The zero-order valence-electron chi connectivity index (χ0n) is 15.2. The van der Waals surface area contributed by atoms with E-state index in [1.807, 2.05) is 6.92 Å². The standard InChI is InChI=1S/C20H18ClN3O4/c1-10-6-7-11(9-12(10)21)24-17(25)14-15(18(24)26)20(2,19(27)28)23-16(14)13-5-3-4-8-22-13/h3-9,14-16,23H,1-2H3,(H,27,28). The number of pyridine rings is 1. The third-order valence-electron chi connectivity index (χ3n) is 5.65. The Balaban J connectivity index is 1.83. The second-order valence-corrected chi connectivity index (χ2v) is 7.74. The second-order valence-electron chi connectivity index (χ2n) is 7.33. The average Bonchev–Trinajstić information content (AvgIpc) is 3.13. The number of carbonyl (C=O) groups is 3. The van der Waals surface area contributed by atoms with E-state index in [0.717, 1.165) is 10.5 Å². The number of aromatic nitrogens is 1. The summed E-state index contributed by atoms with van der Waals surface area (Å²) in [5.74, 6) is -4.12. The monoisotopic (exact) mass is 399 g/mol. The highest BCUT2D eigenvalue weighted by Gasteiger charge is 2.67. The number of carboxylic acid groups (broad SMARTS) is 1. The predicted molar refractivity (Wildman–Crippen MR) is 102 cm³/mol. The van der Waals surface area contributed by atoms with Gasteiger partial charge in [0.15, 0.2) is 0 Å². The fraction of sp³-hybridized carbons (Fsp3) is 0.300. The lowest BCUT2D eigenvalue weighted by Gasteiger charge is -2.27. The molecule has 2 aliphatic rings. The maximum absolute atomic E-state index is 13.3. The molecule has 0 saturated carbocycles. The van der Waals surface area contributed by atoms with Gasteiger partial charge in [-0.15, -0.1) is 0 Å². The maximum Gasteiger partial charge on any atom is 0.324 e. The molecule has 4 atom stereocenters. The molecule has 1 aromatic heterocycles. The van der Waals surface area contributed by atoms with E-state index in [2.05, 4.69) is 10.3 Å². The van der Waals surface area contributed by atoms with E-state index in [4.69, 9.17) is 11.6 Å². The van der Waals surface area contributed by atoms with Crippen LogP contribution in [0.2, 0.25) is 5.02 Å². The Morgan fingerprint density at radius 2 is 2.00 bits per heavy atom. The highest BCUT2D eigenvalue weighted by molar-refractivity contribution is 6.32. The van der Waals surface area contributed by atoms with E-state index in [-0.39, 0.29) is 0 Å². The van der Waals surface area contributed by atoms with Crippen LogP contribution in [0.1, 0.15) is 24.2 Å². The van der Waals surface area contributed by atoms with Gasteiger partial charge in [-0.05, 0) is 43.7 Å². The summed E-state index contributed by atoms with van der Waals surface area (Å²) in [5.41, 5.74) is 0.0797. The van der Waals surface area contributed by atoms with Crippen LogP contribution in [0.15, 0.2) is 42.6 Å². The number of nitrogens with zero attached hydrogens (tertiary/aromatic N) is 2. The molecule has 2 aromatic rings. The number of imide groups is 1. The number of nitrogens with one attached hydrogen (secondary N) is 1. The van der Waals surface area contributed by atoms with E-state index in [1.165, 1.54) is 6.92 Å². The van der Waals surface area contributed by atoms with Gasteiger partial charge in [0.1, 0.15) is 5.54 Å². The third kappa shape index (κ3) is 2.54. The lowest BCUT2D eigenvalue weighted by Crippen LogP contribution is -2.53. The number of fused-ring (bicyclic) bond motifs is 1. The van der Waals surface area contributed by atoms with Gasteiger partial charge in [0.2, 0.25) is 11.8 Å². The first kappa shape index (κ1) is 18.6. The average molecular weight is 400 g/mol. The number of hydrogen-bond acceptors (Lipinski definition) is 5. The Morgan fingerprint density at radius 1 is 1.25 bits per heavy atom. The van der Waals surface area contributed by atoms with Crippen molar-refractivity contribution in [3.05, 3.63) is 58.9 Å². The Labute approximate surface area is 166 Å². The van der Waals surface area contributed by atoms with Gasteiger partial charge >= 0.3 is 5.97 Å². The topological polar surface area (TPSA) is 99.6 Å². The predicted octanol–water partition coefficient (Wildman–Crippen LogP) is 2.34. The van der Waals surface area contributed by atoms with Gasteiger partial charge in [0.05, 0.1) is 29.3 Å². The molecule has 2 saturated heterocycles. The van der Waals surface area contributed by atoms with Crippen molar-refractivity contribution in [1.29, 1.82) is 0 Å². The van der Waals surface area contributed by atoms with Crippen LogP contribution in [-0.2, 0) is 14.4 Å². The number of carbonyl (C=O) groups excluding carboxylic acids is 2. The molecule has 0 spiro atoms. The lowest BCUT2D eigenvalue weighted by molar-refractivity contribution is -0.147. The Bertz CT molecular complexity index is 996. The summed E-state index contributed by atoms with van der Waals surface area (Å²) in [5, 5.41) is 13.2. The highest BCUT2D eigenvalue weighted by Crippen LogP contribution is 2.49. The molecule has 144 valence electrons. The summed E-state index contributed by atoms with van der Waals surface area (Å²) in [4.78, 5) is 43.9. The molecule has 4 rings (SSSR count). The molecule has 3 heterocycles. The van der Waals surface area contributed by atoms with Gasteiger partial charge in [0.25, 0.3) is 0 Å². The minimum absolute atomic E-state index is 0.340. The van der Waals surface area contributed by atoms with Gasteiger partial charge in [-0.1, -0.05) is 23.7 Å². The molecule has 28 heavy (non-hydrogen) atoms. The van der Waals surface area contributed by atoms with Crippen molar-refractivity contribution in [2.24, 2.45) is 11.8 Å². The van der Waals surface area contributed by atoms with Gasteiger partial charge < -0.3 is 5.11 Å². The van der Waals surface area contributed by atoms with Crippen molar-refractivity contribution in [1.82, 2.24) is 10.3 Å². The van der Waals surface area contributed by atoms with Crippen LogP contribution in [-0.4, -0.2) is 33.4 Å². The zero-order valence-corrected chi connectivity index (χ0v) is 16.0. The SMILES string of the molecule is Cc1ccc(N2C(=O)C3C(c4ccccn4)NC(C)(C(=O)O)C3C2=O)cc1Cl. The van der Waals surface area contributed by atoms with E-state index in [9.17, 15) is 19.5 Å². The van der Waals surface area contributed by atoms with Gasteiger partial charge in [-0.25, -0.2) is 4.90 Å². The van der Waals surface area contributed by atoms with Crippen molar-refractivity contribution < 1.29 is 19.5 Å². The summed E-state index contributed by atoms with van der Waals surface area (Å²) in [6.45, 7) is 3.25. The molecule has 2 amide bonds. The summed E-state index contributed by atoms with van der Waals surface area (Å²) in [6.07, 6.45) is 1.57. The van der Waals surface area contributed by atoms with Crippen molar-refractivity contribution >= 4 is 35.1 Å². The number of anilines is 1. The maximum atomic E-state index is 13.3. The van der Waals surface area contributed by atoms with Crippen molar-refractivity contribution in [3.8, 4) is 0 Å². The van der Waals surface area contributed by atoms with Crippen molar-refractivity contribution in [2.75, 3.05) is 4.90 Å². The molecule has 2 fully saturated rings. The normalized spacial score (nSPS) is 29.2. The summed E-state index contributed by atoms with van der Waals surface area (Å²) in [7, 11) is 0. The van der Waals surface area contributed by atoms with Gasteiger partial charge in [0, 0.05) is 11.2 Å². The number of aliphatic carboxylic acids is 1. The first-order valence-corrected chi connectivity index (χ1v) is 9.19. The fourth-order valence-corrected chi connectivity index (χ4v) is 4.30. The Hall–Kier alpha value is -2.77. The van der Waals surface area contributed by atoms with Crippen LogP contribution in [0.25, 0.3) is 0 Å². The van der Waals surface area contributed by atoms with Crippen LogP contribution in [0.3, 0.4) is 0 Å². The molecule has 0 aliphatic carbocycles. The molecule has 2 N–H and O–H groups in total. The minimum Gasteiger partial charge on any atom is -0.480 e. The number of carboxylic acids is 1. The number of hydrogen-bond donors (Lipinski definition) is 2. The van der Waals surface area contributed by atoms with Crippen molar-refractivity contribution in [2.45, 2.75) is 25.4 Å². The van der Waals surface area contributed by atoms with E-state index >= 15 is 0 Å². The summed E-state index contributed by atoms with van der Waals surface area (Å²) < 4.78 is 0. The van der Waals surface area contributed by atoms with Crippen LogP contribution in [0, 0.1) is 18.8 Å². The number of amides is 2. The van der Waals surface area contributed by atoms with Crippen LogP contribution in [0.4, 0.5) is 5.69 Å². The number of rotatable bonds is 3. The molecular formula is C20H18ClN3O4. The number of benzene rings is 1. The highest BCUT2D eigenvalue weighted by atomic mass is 35.5. The molecule has 7 nitrogen and oxygen atoms in total. The van der Waals surface area contributed by atoms with E-state index < -0.39 is 41.2 Å².